The van der Waals surface area contributed by atoms with E-state index in [9.17, 15) is 20.2 Å². The molecule has 0 atom stereocenters. The first-order valence-corrected chi connectivity index (χ1v) is 3.99. The predicted molar refractivity (Wildman–Crippen MR) is 53.3 cm³/mol. The second-order valence-electron chi connectivity index (χ2n) is 2.69. The average Bonchev–Trinajstić information content (AvgIpc) is 2.15. The van der Waals surface area contributed by atoms with Gasteiger partial charge in [-0.3, -0.25) is 20.2 Å². The number of hydrogen-bond acceptors (Lipinski definition) is 6. The van der Waals surface area contributed by atoms with E-state index < -0.39 is 26.3 Å². The highest BCUT2D eigenvalue weighted by atomic mass is 16.9. The molecule has 1 aromatic rings. The molecule has 0 saturated carbocycles. The molecule has 0 heterocycles. The largest absolute Gasteiger partial charge is 0.348 e. The van der Waals surface area contributed by atoms with E-state index in [1.165, 1.54) is 19.1 Å². The van der Waals surface area contributed by atoms with Crippen molar-refractivity contribution in [2.45, 2.75) is 6.92 Å². The van der Waals surface area contributed by atoms with Crippen LogP contribution in [0.1, 0.15) is 5.56 Å². The van der Waals surface area contributed by atoms with Crippen LogP contribution in [0.25, 0.3) is 0 Å². The summed E-state index contributed by atoms with van der Waals surface area (Å²) in [6.45, 7) is 1.46. The third-order valence-electron chi connectivity index (χ3n) is 1.60. The molecule has 0 bridgehead atoms. The molecule has 0 amide bonds. The molecule has 92 valence electrons. The lowest BCUT2D eigenvalue weighted by atomic mass is 10.2. The highest BCUT2D eigenvalue weighted by Crippen LogP contribution is 2.29. The summed E-state index contributed by atoms with van der Waals surface area (Å²) in [5, 5.41) is 34.5. The van der Waals surface area contributed by atoms with Gasteiger partial charge in [0.2, 0.25) is 0 Å². The number of hydrogen-bond donors (Lipinski definition) is 1. The normalized spacial score (nSPS) is 8.76. The van der Waals surface area contributed by atoms with Gasteiger partial charge in [-0.05, 0) is 6.92 Å². The fraction of sp³-hybridized carbons (Fsp3) is 0.143. The molecular weight excluding hydrogens is 238 g/mol. The number of nitro benzene ring substituents is 2. The number of rotatable bonds is 2. The van der Waals surface area contributed by atoms with Gasteiger partial charge in [-0.2, -0.15) is 0 Å². The van der Waals surface area contributed by atoms with Crippen LogP contribution < -0.4 is 0 Å². The molecule has 1 N–H and O–H groups in total. The Morgan fingerprint density at radius 2 is 1.53 bits per heavy atom. The summed E-state index contributed by atoms with van der Waals surface area (Å²) in [6, 6.07) is 4.00. The number of nitrogens with zero attached hydrogens (tertiary/aromatic N) is 3. The molecule has 0 aromatic heterocycles. The van der Waals surface area contributed by atoms with Crippen molar-refractivity contribution < 1.29 is 20.1 Å². The molecule has 0 unspecified atom stereocenters. The molecule has 10 nitrogen and oxygen atoms in total. The van der Waals surface area contributed by atoms with Gasteiger partial charge in [0.05, 0.1) is 9.85 Å². The van der Waals surface area contributed by atoms with Crippen LogP contribution in [0, 0.1) is 37.3 Å². The van der Waals surface area contributed by atoms with Gasteiger partial charge in [-0.25, -0.2) is 0 Å². The molecule has 0 aliphatic rings. The molecule has 0 fully saturated rings. The highest BCUT2D eigenvalue weighted by molar-refractivity contribution is 5.56. The molecule has 17 heavy (non-hydrogen) atoms. The van der Waals surface area contributed by atoms with Crippen molar-refractivity contribution in [1.82, 2.24) is 0 Å². The van der Waals surface area contributed by atoms with Crippen molar-refractivity contribution in [2.75, 3.05) is 0 Å². The molecule has 0 radical (unpaired) electrons. The van der Waals surface area contributed by atoms with E-state index in [1.54, 1.807) is 0 Å². The second-order valence-corrected chi connectivity index (χ2v) is 2.69. The van der Waals surface area contributed by atoms with Crippen molar-refractivity contribution in [3.63, 3.8) is 0 Å². The third-order valence-corrected chi connectivity index (χ3v) is 1.60. The Morgan fingerprint density at radius 1 is 1.06 bits per heavy atom. The van der Waals surface area contributed by atoms with E-state index in [0.717, 1.165) is 6.07 Å². The zero-order chi connectivity index (χ0) is 13.6. The second kappa shape index (κ2) is 5.95. The SMILES string of the molecule is Cc1cccc([N+](=O)[O-])c1[N+](=O)[O-].O=[N+]([O-])O. The van der Waals surface area contributed by atoms with Crippen molar-refractivity contribution in [3.8, 4) is 0 Å². The summed E-state index contributed by atoms with van der Waals surface area (Å²) in [6.07, 6.45) is 0. The van der Waals surface area contributed by atoms with Crippen LogP contribution in [0.3, 0.4) is 0 Å². The first kappa shape index (κ1) is 14.2. The Kier molecular flexibility index (Phi) is 4.97. The number of nitro groups is 2. The molecule has 1 rings (SSSR count). The van der Waals surface area contributed by atoms with Crippen molar-refractivity contribution >= 4 is 11.4 Å². The summed E-state index contributed by atoms with van der Waals surface area (Å²) in [5.41, 5.74) is -0.614. The number of para-hydroxylation sites is 1. The number of aryl methyl sites for hydroxylation is 1. The Morgan fingerprint density at radius 3 is 1.82 bits per heavy atom. The van der Waals surface area contributed by atoms with Crippen LogP contribution in [0.4, 0.5) is 11.4 Å². The maximum absolute atomic E-state index is 10.4. The van der Waals surface area contributed by atoms with Crippen LogP contribution >= 0.6 is 0 Å². The Bertz CT molecular complexity index is 455. The summed E-state index contributed by atoms with van der Waals surface area (Å²) < 4.78 is 0. The van der Waals surface area contributed by atoms with Gasteiger partial charge in [0.1, 0.15) is 0 Å². The van der Waals surface area contributed by atoms with E-state index in [2.05, 4.69) is 0 Å². The van der Waals surface area contributed by atoms with Crippen LogP contribution in [-0.4, -0.2) is 20.1 Å². The topological polar surface area (TPSA) is 150 Å². The van der Waals surface area contributed by atoms with Gasteiger partial charge in [0.25, 0.3) is 5.09 Å². The molecule has 0 saturated heterocycles. The van der Waals surface area contributed by atoms with Crippen LogP contribution in [0.5, 0.6) is 0 Å². The van der Waals surface area contributed by atoms with Gasteiger partial charge in [0.15, 0.2) is 0 Å². The summed E-state index contributed by atoms with van der Waals surface area (Å²) in [7, 11) is 0. The van der Waals surface area contributed by atoms with Gasteiger partial charge in [-0.1, -0.05) is 12.1 Å². The molecule has 1 aromatic carbocycles. The quantitative estimate of drug-likeness (QED) is 0.611. The van der Waals surface area contributed by atoms with E-state index in [4.69, 9.17) is 15.3 Å². The minimum atomic E-state index is -1.50. The van der Waals surface area contributed by atoms with Crippen LogP contribution in [-0.2, 0) is 0 Å². The lowest BCUT2D eigenvalue weighted by Crippen LogP contribution is -1.98. The van der Waals surface area contributed by atoms with Crippen molar-refractivity contribution in [1.29, 1.82) is 0 Å². The number of benzene rings is 1. The fourth-order valence-electron chi connectivity index (χ4n) is 1.03. The van der Waals surface area contributed by atoms with E-state index in [1.807, 2.05) is 0 Å². The maximum atomic E-state index is 10.4. The minimum Gasteiger partial charge on any atom is -0.328 e. The van der Waals surface area contributed by atoms with E-state index >= 15 is 0 Å². The van der Waals surface area contributed by atoms with E-state index in [0.29, 0.717) is 5.56 Å². The third kappa shape index (κ3) is 4.51. The van der Waals surface area contributed by atoms with Crippen LogP contribution in [0.2, 0.25) is 0 Å². The first-order chi connectivity index (χ1) is 7.77. The Balaban J connectivity index is 0.000000557. The summed E-state index contributed by atoms with van der Waals surface area (Å²) in [5.74, 6) is 0. The first-order valence-electron chi connectivity index (χ1n) is 3.99. The standard InChI is InChI=1S/C7H6N2O4.HNO3/c1-5-3-2-4-6(8(10)11)7(5)9(12)13;2-1(3)4/h2-4H,1H3;(H,2,3,4). The molecule has 0 aliphatic heterocycles. The van der Waals surface area contributed by atoms with Gasteiger partial charge >= 0.3 is 11.4 Å². The summed E-state index contributed by atoms with van der Waals surface area (Å²) in [4.78, 5) is 27.7. The minimum absolute atomic E-state index is 0.291. The Labute approximate surface area is 93.5 Å². The van der Waals surface area contributed by atoms with Crippen LogP contribution in [0.15, 0.2) is 18.2 Å². The van der Waals surface area contributed by atoms with Gasteiger partial charge < -0.3 is 5.21 Å². The fourth-order valence-corrected chi connectivity index (χ4v) is 1.03. The zero-order valence-corrected chi connectivity index (χ0v) is 8.47. The molecule has 10 heteroatoms. The predicted octanol–water partition coefficient (Wildman–Crippen LogP) is 1.46. The van der Waals surface area contributed by atoms with E-state index in [-0.39, 0.29) is 0 Å². The van der Waals surface area contributed by atoms with Gasteiger partial charge in [0, 0.05) is 11.6 Å². The zero-order valence-electron chi connectivity index (χ0n) is 8.47. The monoisotopic (exact) mass is 245 g/mol. The van der Waals surface area contributed by atoms with Gasteiger partial charge in [-0.15, -0.1) is 10.1 Å². The Hall–Kier alpha value is -2.78. The van der Waals surface area contributed by atoms with Crippen molar-refractivity contribution in [3.05, 3.63) is 54.1 Å². The molecular formula is C7H7N3O7. The average molecular weight is 245 g/mol. The lowest BCUT2D eigenvalue weighted by molar-refractivity contribution is -0.742. The maximum Gasteiger partial charge on any atom is 0.348 e. The molecule has 0 aliphatic carbocycles. The highest BCUT2D eigenvalue weighted by Gasteiger charge is 2.25. The summed E-state index contributed by atoms with van der Waals surface area (Å²) >= 11 is 0. The lowest BCUT2D eigenvalue weighted by Gasteiger charge is -1.96. The van der Waals surface area contributed by atoms with Crippen molar-refractivity contribution in [2.24, 2.45) is 0 Å². The smallest absolute Gasteiger partial charge is 0.328 e. The molecule has 0 spiro atoms.